The van der Waals surface area contributed by atoms with E-state index in [-0.39, 0.29) is 5.76 Å². The van der Waals surface area contributed by atoms with Crippen LogP contribution in [0.2, 0.25) is 0 Å². The number of hydrogen-bond donors (Lipinski definition) is 0. The number of amides is 1. The van der Waals surface area contributed by atoms with E-state index in [4.69, 9.17) is 14.2 Å². The van der Waals surface area contributed by atoms with Gasteiger partial charge in [0.25, 0.3) is 0 Å². The van der Waals surface area contributed by atoms with E-state index >= 15 is 0 Å². The van der Waals surface area contributed by atoms with Crippen molar-refractivity contribution in [3.05, 3.63) is 40.6 Å². The molecule has 7 heteroatoms. The van der Waals surface area contributed by atoms with Gasteiger partial charge in [-0.2, -0.15) is 4.99 Å². The predicted molar refractivity (Wildman–Crippen MR) is 91.6 cm³/mol. The number of benzene rings is 1. The molecule has 0 spiro atoms. The van der Waals surface area contributed by atoms with Crippen LogP contribution in [0.15, 0.2) is 35.2 Å². The van der Waals surface area contributed by atoms with Crippen LogP contribution in [-0.2, 0) is 25.5 Å². The fourth-order valence-corrected chi connectivity index (χ4v) is 3.66. The Morgan fingerprint density at radius 1 is 1.42 bits per heavy atom. The Bertz CT molecular complexity index is 835. The third kappa shape index (κ3) is 3.52. The van der Waals surface area contributed by atoms with Crippen LogP contribution in [0, 0.1) is 6.92 Å². The molecule has 0 bridgehead atoms. The molecule has 0 N–H and O–H groups in total. The van der Waals surface area contributed by atoms with E-state index in [1.807, 2.05) is 23.6 Å². The third-order valence-electron chi connectivity index (χ3n) is 3.62. The molecular formula is C17H20N2O4S. The fraction of sp³-hybridized carbons (Fsp3) is 0.412. The number of para-hydroxylation sites is 1. The van der Waals surface area contributed by atoms with Crippen LogP contribution in [0.3, 0.4) is 0 Å². The first-order chi connectivity index (χ1) is 11.7. The number of carbonyl (C=O) groups is 1. The molecule has 128 valence electrons. The summed E-state index contributed by atoms with van der Waals surface area (Å²) in [5, 5.41) is 0. The molecule has 1 aromatic heterocycles. The molecule has 2 heterocycles. The number of rotatable bonds is 5. The number of carbonyl (C=O) groups excluding carboxylic acids is 1. The first-order valence-corrected chi connectivity index (χ1v) is 8.72. The van der Waals surface area contributed by atoms with Crippen molar-refractivity contribution in [1.82, 2.24) is 4.57 Å². The van der Waals surface area contributed by atoms with Crippen LogP contribution in [0.1, 0.15) is 12.5 Å². The average molecular weight is 348 g/mol. The summed E-state index contributed by atoms with van der Waals surface area (Å²) in [4.78, 5) is 17.2. The standard InChI is InChI=1S/C17H20N2O4S/c1-3-21-8-7-19-15-12(2)5-4-6-14(15)24-17(19)18-16(20)13-11-22-9-10-23-13/h4-6,11H,3,7-10H2,1-2H3. The van der Waals surface area contributed by atoms with Crippen LogP contribution >= 0.6 is 11.3 Å². The van der Waals surface area contributed by atoms with Crippen molar-refractivity contribution < 1.29 is 19.0 Å². The molecule has 0 saturated carbocycles. The van der Waals surface area contributed by atoms with Gasteiger partial charge in [0.15, 0.2) is 4.80 Å². The number of aryl methyl sites for hydroxylation is 1. The Kier molecular flexibility index (Phi) is 5.32. The van der Waals surface area contributed by atoms with Crippen molar-refractivity contribution in [3.63, 3.8) is 0 Å². The summed E-state index contributed by atoms with van der Waals surface area (Å²) in [6.45, 7) is 6.70. The Hall–Kier alpha value is -2.12. The minimum Gasteiger partial charge on any atom is -0.494 e. The molecule has 1 aromatic carbocycles. The highest BCUT2D eigenvalue weighted by Gasteiger charge is 2.16. The molecule has 0 fully saturated rings. The summed E-state index contributed by atoms with van der Waals surface area (Å²) < 4.78 is 19.0. The molecule has 1 amide bonds. The van der Waals surface area contributed by atoms with E-state index < -0.39 is 5.91 Å². The van der Waals surface area contributed by atoms with Crippen LogP contribution in [-0.4, -0.2) is 36.9 Å². The predicted octanol–water partition coefficient (Wildman–Crippen LogP) is 2.36. The maximum Gasteiger partial charge on any atom is 0.317 e. The van der Waals surface area contributed by atoms with E-state index in [1.165, 1.54) is 17.6 Å². The molecule has 0 radical (unpaired) electrons. The summed E-state index contributed by atoms with van der Waals surface area (Å²) in [6.07, 6.45) is 1.33. The van der Waals surface area contributed by atoms with Crippen molar-refractivity contribution in [3.8, 4) is 0 Å². The highest BCUT2D eigenvalue weighted by Crippen LogP contribution is 2.21. The summed E-state index contributed by atoms with van der Waals surface area (Å²) in [5.74, 6) is -0.282. The summed E-state index contributed by atoms with van der Waals surface area (Å²) in [7, 11) is 0. The van der Waals surface area contributed by atoms with Gasteiger partial charge in [-0.05, 0) is 25.5 Å². The van der Waals surface area contributed by atoms with Gasteiger partial charge in [-0.15, -0.1) is 0 Å². The molecule has 24 heavy (non-hydrogen) atoms. The van der Waals surface area contributed by atoms with Gasteiger partial charge in [0, 0.05) is 13.2 Å². The van der Waals surface area contributed by atoms with Crippen molar-refractivity contribution in [2.45, 2.75) is 20.4 Å². The number of nitrogens with zero attached hydrogens (tertiary/aromatic N) is 2. The Labute approximate surface area is 144 Å². The maximum atomic E-state index is 12.3. The summed E-state index contributed by atoms with van der Waals surface area (Å²) in [6, 6.07) is 6.10. The second-order valence-electron chi connectivity index (χ2n) is 5.27. The zero-order valence-corrected chi connectivity index (χ0v) is 14.6. The van der Waals surface area contributed by atoms with E-state index in [0.29, 0.717) is 37.8 Å². The van der Waals surface area contributed by atoms with Gasteiger partial charge in [0.1, 0.15) is 19.5 Å². The summed E-state index contributed by atoms with van der Waals surface area (Å²) >= 11 is 1.48. The van der Waals surface area contributed by atoms with E-state index in [2.05, 4.69) is 18.0 Å². The molecular weight excluding hydrogens is 328 g/mol. The lowest BCUT2D eigenvalue weighted by Crippen LogP contribution is -2.22. The molecule has 0 atom stereocenters. The first-order valence-electron chi connectivity index (χ1n) is 7.91. The monoisotopic (exact) mass is 348 g/mol. The Morgan fingerprint density at radius 3 is 3.04 bits per heavy atom. The minimum absolute atomic E-state index is 0.145. The lowest BCUT2D eigenvalue weighted by molar-refractivity contribution is -0.119. The number of hydrogen-bond acceptors (Lipinski definition) is 5. The molecule has 1 aliphatic rings. The van der Waals surface area contributed by atoms with E-state index in [9.17, 15) is 4.79 Å². The molecule has 0 saturated heterocycles. The quantitative estimate of drug-likeness (QED) is 0.778. The van der Waals surface area contributed by atoms with Gasteiger partial charge in [0.2, 0.25) is 5.76 Å². The average Bonchev–Trinajstić information content (AvgIpc) is 2.94. The second-order valence-corrected chi connectivity index (χ2v) is 6.28. The second kappa shape index (κ2) is 7.63. The lowest BCUT2D eigenvalue weighted by Gasteiger charge is -2.12. The number of fused-ring (bicyclic) bond motifs is 1. The van der Waals surface area contributed by atoms with Crippen LogP contribution < -0.4 is 4.80 Å². The molecule has 0 aliphatic carbocycles. The topological polar surface area (TPSA) is 62.1 Å². The largest absolute Gasteiger partial charge is 0.494 e. The maximum absolute atomic E-state index is 12.3. The zero-order chi connectivity index (χ0) is 16.9. The number of ether oxygens (including phenoxy) is 3. The smallest absolute Gasteiger partial charge is 0.317 e. The van der Waals surface area contributed by atoms with Gasteiger partial charge < -0.3 is 18.8 Å². The number of aromatic nitrogens is 1. The zero-order valence-electron chi connectivity index (χ0n) is 13.8. The van der Waals surface area contributed by atoms with Crippen LogP contribution in [0.25, 0.3) is 10.2 Å². The molecule has 2 aromatic rings. The normalized spacial score (nSPS) is 15.1. The Morgan fingerprint density at radius 2 is 2.29 bits per heavy atom. The van der Waals surface area contributed by atoms with Crippen LogP contribution in [0.5, 0.6) is 0 Å². The summed E-state index contributed by atoms with van der Waals surface area (Å²) in [5.41, 5.74) is 2.23. The number of thiazole rings is 1. The third-order valence-corrected chi connectivity index (χ3v) is 4.67. The van der Waals surface area contributed by atoms with E-state index in [0.717, 1.165) is 15.8 Å². The Balaban J connectivity index is 2.03. The molecule has 0 unspecified atom stereocenters. The van der Waals surface area contributed by atoms with Gasteiger partial charge in [0.05, 0.1) is 16.8 Å². The minimum atomic E-state index is -0.427. The van der Waals surface area contributed by atoms with Gasteiger partial charge >= 0.3 is 5.91 Å². The highest BCUT2D eigenvalue weighted by atomic mass is 32.1. The molecule has 6 nitrogen and oxygen atoms in total. The fourth-order valence-electron chi connectivity index (χ4n) is 2.52. The highest BCUT2D eigenvalue weighted by molar-refractivity contribution is 7.16. The molecule has 3 rings (SSSR count). The van der Waals surface area contributed by atoms with Crippen LogP contribution in [0.4, 0.5) is 0 Å². The van der Waals surface area contributed by atoms with Crippen molar-refractivity contribution in [1.29, 1.82) is 0 Å². The van der Waals surface area contributed by atoms with E-state index in [1.54, 1.807) is 0 Å². The van der Waals surface area contributed by atoms with Crippen molar-refractivity contribution in [2.24, 2.45) is 4.99 Å². The first kappa shape index (κ1) is 16.7. The SMILES string of the molecule is CCOCCn1c(=NC(=O)C2=COCCO2)sc2cccc(C)c21. The van der Waals surface area contributed by atoms with Gasteiger partial charge in [-0.1, -0.05) is 23.5 Å². The van der Waals surface area contributed by atoms with Gasteiger partial charge in [-0.3, -0.25) is 4.79 Å². The van der Waals surface area contributed by atoms with Crippen molar-refractivity contribution >= 4 is 27.5 Å². The van der Waals surface area contributed by atoms with Crippen molar-refractivity contribution in [2.75, 3.05) is 26.4 Å². The van der Waals surface area contributed by atoms with Gasteiger partial charge in [-0.25, -0.2) is 0 Å². The molecule has 1 aliphatic heterocycles. The lowest BCUT2D eigenvalue weighted by atomic mass is 10.2.